The predicted molar refractivity (Wildman–Crippen MR) is 109 cm³/mol. The molecule has 3 aromatic rings. The number of nitrogens with two attached hydrogens (primary N) is 1. The molecule has 0 aliphatic heterocycles. The van der Waals surface area contributed by atoms with Gasteiger partial charge in [-0.3, -0.25) is 4.79 Å². The first kappa shape index (κ1) is 19.8. The van der Waals surface area contributed by atoms with E-state index in [9.17, 15) is 13.2 Å². The van der Waals surface area contributed by atoms with Crippen molar-refractivity contribution < 1.29 is 13.2 Å². The van der Waals surface area contributed by atoms with Crippen LogP contribution in [0.1, 0.15) is 21.5 Å². The summed E-state index contributed by atoms with van der Waals surface area (Å²) in [4.78, 5) is 11.4. The largest absolute Gasteiger partial charge is 0.366 e. The van der Waals surface area contributed by atoms with Gasteiger partial charge in [0.15, 0.2) is 0 Å². The van der Waals surface area contributed by atoms with Crippen molar-refractivity contribution in [2.45, 2.75) is 17.9 Å². The summed E-state index contributed by atoms with van der Waals surface area (Å²) in [5.41, 5.74) is 7.50. The van der Waals surface area contributed by atoms with Crippen LogP contribution in [-0.2, 0) is 23.0 Å². The molecule has 0 aliphatic rings. The zero-order valence-electron chi connectivity index (χ0n) is 15.4. The van der Waals surface area contributed by atoms with Gasteiger partial charge in [0.05, 0.1) is 4.90 Å². The highest BCUT2D eigenvalue weighted by Crippen LogP contribution is 2.20. The first-order chi connectivity index (χ1) is 13.5. The Morgan fingerprint density at radius 3 is 1.86 bits per heavy atom. The number of primary amides is 1. The summed E-state index contributed by atoms with van der Waals surface area (Å²) < 4.78 is 28.0. The molecule has 0 spiro atoms. The second-order valence-corrected chi connectivity index (χ2v) is 8.39. The lowest BCUT2D eigenvalue weighted by atomic mass is 10.1. The molecule has 28 heavy (non-hydrogen) atoms. The van der Waals surface area contributed by atoms with Gasteiger partial charge in [0.25, 0.3) is 0 Å². The van der Waals surface area contributed by atoms with Crippen molar-refractivity contribution in [2.24, 2.45) is 5.73 Å². The minimum Gasteiger partial charge on any atom is -0.366 e. The highest BCUT2D eigenvalue weighted by Gasteiger charge is 2.24. The van der Waals surface area contributed by atoms with E-state index in [-0.39, 0.29) is 17.0 Å². The number of rotatable bonds is 8. The van der Waals surface area contributed by atoms with Crippen LogP contribution in [0.5, 0.6) is 0 Å². The highest BCUT2D eigenvalue weighted by molar-refractivity contribution is 7.89. The van der Waals surface area contributed by atoms with E-state index in [1.54, 1.807) is 0 Å². The maximum absolute atomic E-state index is 13.2. The SMILES string of the molecule is NC(=O)c1ccc(S(=O)(=O)N(CCc2ccccc2)Cc2ccccc2)cc1. The second-order valence-electron chi connectivity index (χ2n) is 6.45. The number of amides is 1. The summed E-state index contributed by atoms with van der Waals surface area (Å²) in [5.74, 6) is -0.589. The van der Waals surface area contributed by atoms with E-state index < -0.39 is 15.9 Å². The maximum atomic E-state index is 13.2. The van der Waals surface area contributed by atoms with Gasteiger partial charge in [-0.2, -0.15) is 4.31 Å². The number of nitrogens with zero attached hydrogens (tertiary/aromatic N) is 1. The monoisotopic (exact) mass is 394 g/mol. The van der Waals surface area contributed by atoms with Crippen LogP contribution in [-0.4, -0.2) is 25.2 Å². The van der Waals surface area contributed by atoms with Crippen molar-refractivity contribution in [1.29, 1.82) is 0 Å². The Bertz CT molecular complexity index is 1020. The molecule has 0 atom stereocenters. The summed E-state index contributed by atoms with van der Waals surface area (Å²) >= 11 is 0. The van der Waals surface area contributed by atoms with Crippen molar-refractivity contribution in [3.05, 3.63) is 102 Å². The number of hydrogen-bond donors (Lipinski definition) is 1. The molecule has 0 fully saturated rings. The van der Waals surface area contributed by atoms with Crippen LogP contribution in [0.25, 0.3) is 0 Å². The molecular formula is C22H22N2O3S. The molecule has 0 aliphatic carbocycles. The number of benzene rings is 3. The Morgan fingerprint density at radius 1 is 0.786 bits per heavy atom. The lowest BCUT2D eigenvalue weighted by Crippen LogP contribution is -2.32. The zero-order valence-corrected chi connectivity index (χ0v) is 16.2. The van der Waals surface area contributed by atoms with Crippen LogP contribution in [0, 0.1) is 0 Å². The van der Waals surface area contributed by atoms with Crippen LogP contribution in [0.15, 0.2) is 89.8 Å². The molecule has 1 amide bonds. The fourth-order valence-electron chi connectivity index (χ4n) is 2.91. The van der Waals surface area contributed by atoms with Gasteiger partial charge in [-0.05, 0) is 41.8 Å². The van der Waals surface area contributed by atoms with Gasteiger partial charge in [0.1, 0.15) is 0 Å². The molecule has 0 aromatic heterocycles. The molecule has 3 rings (SSSR count). The second kappa shape index (κ2) is 8.82. The minimum atomic E-state index is -3.73. The first-order valence-electron chi connectivity index (χ1n) is 8.95. The van der Waals surface area contributed by atoms with Crippen molar-refractivity contribution in [3.8, 4) is 0 Å². The molecule has 5 nitrogen and oxygen atoms in total. The van der Waals surface area contributed by atoms with Crippen LogP contribution >= 0.6 is 0 Å². The Hall–Kier alpha value is -2.96. The zero-order chi connectivity index (χ0) is 20.0. The van der Waals surface area contributed by atoms with Crippen LogP contribution in [0.2, 0.25) is 0 Å². The molecule has 0 saturated carbocycles. The van der Waals surface area contributed by atoms with Gasteiger partial charge < -0.3 is 5.73 Å². The smallest absolute Gasteiger partial charge is 0.248 e. The fourth-order valence-corrected chi connectivity index (χ4v) is 4.34. The summed E-state index contributed by atoms with van der Waals surface area (Å²) in [6, 6.07) is 25.0. The number of carbonyl (C=O) groups is 1. The first-order valence-corrected chi connectivity index (χ1v) is 10.4. The Labute approximate surface area is 165 Å². The van der Waals surface area contributed by atoms with E-state index in [1.165, 1.54) is 28.6 Å². The third-order valence-corrected chi connectivity index (χ3v) is 6.33. The van der Waals surface area contributed by atoms with Crippen molar-refractivity contribution in [3.63, 3.8) is 0 Å². The van der Waals surface area contributed by atoms with Gasteiger partial charge >= 0.3 is 0 Å². The molecule has 3 aromatic carbocycles. The van der Waals surface area contributed by atoms with Gasteiger partial charge in [0, 0.05) is 18.7 Å². The van der Waals surface area contributed by atoms with E-state index in [2.05, 4.69) is 0 Å². The number of hydrogen-bond acceptors (Lipinski definition) is 3. The summed E-state index contributed by atoms with van der Waals surface area (Å²) in [6.07, 6.45) is 0.603. The third-order valence-electron chi connectivity index (χ3n) is 4.47. The van der Waals surface area contributed by atoms with E-state index in [1.807, 2.05) is 60.7 Å². The van der Waals surface area contributed by atoms with E-state index in [0.717, 1.165) is 11.1 Å². The predicted octanol–water partition coefficient (Wildman–Crippen LogP) is 3.22. The van der Waals surface area contributed by atoms with Gasteiger partial charge in [-0.1, -0.05) is 60.7 Å². The quantitative estimate of drug-likeness (QED) is 0.637. The van der Waals surface area contributed by atoms with Gasteiger partial charge in [-0.15, -0.1) is 0 Å². The van der Waals surface area contributed by atoms with Crippen molar-refractivity contribution >= 4 is 15.9 Å². The molecule has 6 heteroatoms. The van der Waals surface area contributed by atoms with Crippen molar-refractivity contribution in [1.82, 2.24) is 4.31 Å². The highest BCUT2D eigenvalue weighted by atomic mass is 32.2. The number of carbonyl (C=O) groups excluding carboxylic acids is 1. The summed E-state index contributed by atoms with van der Waals surface area (Å²) in [5, 5.41) is 0. The minimum absolute atomic E-state index is 0.140. The van der Waals surface area contributed by atoms with Gasteiger partial charge in [0.2, 0.25) is 15.9 Å². The van der Waals surface area contributed by atoms with Crippen LogP contribution in [0.3, 0.4) is 0 Å². The lowest BCUT2D eigenvalue weighted by molar-refractivity contribution is 0.1000. The molecule has 0 heterocycles. The lowest BCUT2D eigenvalue weighted by Gasteiger charge is -2.22. The standard InChI is InChI=1S/C22H22N2O3S/c23-22(25)20-11-13-21(14-12-20)28(26,27)24(17-19-9-5-2-6-10-19)16-15-18-7-3-1-4-8-18/h1-14H,15-17H2,(H2,23,25). The Balaban J connectivity index is 1.88. The summed E-state index contributed by atoms with van der Waals surface area (Å²) in [6.45, 7) is 0.617. The van der Waals surface area contributed by atoms with Crippen molar-refractivity contribution in [2.75, 3.05) is 6.54 Å². The average Bonchev–Trinajstić information content (AvgIpc) is 2.72. The molecule has 0 bridgehead atoms. The topological polar surface area (TPSA) is 80.5 Å². The maximum Gasteiger partial charge on any atom is 0.248 e. The Kier molecular flexibility index (Phi) is 6.23. The third kappa shape index (κ3) is 4.85. The van der Waals surface area contributed by atoms with Crippen LogP contribution < -0.4 is 5.73 Å². The van der Waals surface area contributed by atoms with E-state index in [4.69, 9.17) is 5.73 Å². The summed E-state index contributed by atoms with van der Waals surface area (Å²) in [7, 11) is -3.73. The van der Waals surface area contributed by atoms with E-state index in [0.29, 0.717) is 13.0 Å². The normalized spacial score (nSPS) is 11.5. The average molecular weight is 394 g/mol. The van der Waals surface area contributed by atoms with E-state index >= 15 is 0 Å². The molecule has 0 unspecified atom stereocenters. The molecule has 0 saturated heterocycles. The molecule has 0 radical (unpaired) electrons. The Morgan fingerprint density at radius 2 is 1.32 bits per heavy atom. The van der Waals surface area contributed by atoms with Gasteiger partial charge in [-0.25, -0.2) is 8.42 Å². The molecular weight excluding hydrogens is 372 g/mol. The molecule has 2 N–H and O–H groups in total. The van der Waals surface area contributed by atoms with Crippen LogP contribution in [0.4, 0.5) is 0 Å². The molecule has 144 valence electrons. The number of sulfonamides is 1. The fraction of sp³-hybridized carbons (Fsp3) is 0.136.